The lowest BCUT2D eigenvalue weighted by molar-refractivity contribution is -0.154. The maximum Gasteiger partial charge on any atom is 0.422 e. The second-order valence-electron chi connectivity index (χ2n) is 8.42. The molecule has 0 bridgehead atoms. The Bertz CT molecular complexity index is 1150. The van der Waals surface area contributed by atoms with Gasteiger partial charge in [-0.1, -0.05) is 6.07 Å². The molecule has 8 nitrogen and oxygen atoms in total. The fourth-order valence-corrected chi connectivity index (χ4v) is 4.39. The Balaban J connectivity index is 1.24. The maximum absolute atomic E-state index is 12.8. The van der Waals surface area contributed by atoms with Crippen molar-refractivity contribution in [3.8, 4) is 5.88 Å². The molecular weight excluding hydrogens is 449 g/mol. The normalized spacial score (nSPS) is 17.9. The molecule has 5 rings (SSSR count). The Morgan fingerprint density at radius 2 is 1.82 bits per heavy atom. The molecule has 0 saturated carbocycles. The van der Waals surface area contributed by atoms with Crippen LogP contribution in [0.25, 0.3) is 11.2 Å². The summed E-state index contributed by atoms with van der Waals surface area (Å²) < 4.78 is 68.6. The second-order valence-corrected chi connectivity index (χ2v) is 8.42. The van der Waals surface area contributed by atoms with Crippen LogP contribution in [0.3, 0.4) is 0 Å². The highest BCUT2D eigenvalue weighted by atomic mass is 19.4. The van der Waals surface area contributed by atoms with Gasteiger partial charge in [0, 0.05) is 37.7 Å². The number of hydrogen-bond acceptors (Lipinski definition) is 7. The van der Waals surface area contributed by atoms with Gasteiger partial charge in [-0.25, -0.2) is 23.4 Å². The smallest absolute Gasteiger partial charge is 0.422 e. The Hall–Kier alpha value is -3.25. The molecule has 0 N–H and O–H groups in total. The molecule has 2 aliphatic rings. The summed E-state index contributed by atoms with van der Waals surface area (Å²) >= 11 is 0. The van der Waals surface area contributed by atoms with Gasteiger partial charge in [-0.3, -0.25) is 0 Å². The van der Waals surface area contributed by atoms with Crippen molar-refractivity contribution < 1.29 is 26.7 Å². The molecule has 5 heterocycles. The molecule has 3 aromatic heterocycles. The minimum atomic E-state index is -4.42. The minimum absolute atomic E-state index is 0.00956. The lowest BCUT2D eigenvalue weighted by atomic mass is 9.79. The fourth-order valence-electron chi connectivity index (χ4n) is 4.39. The van der Waals surface area contributed by atoms with Gasteiger partial charge in [0.25, 0.3) is 6.43 Å². The van der Waals surface area contributed by atoms with E-state index in [4.69, 9.17) is 4.74 Å². The van der Waals surface area contributed by atoms with Crippen LogP contribution in [0.4, 0.5) is 33.6 Å². The molecule has 2 fully saturated rings. The van der Waals surface area contributed by atoms with E-state index in [1.54, 1.807) is 18.3 Å². The van der Waals surface area contributed by atoms with Gasteiger partial charge < -0.3 is 14.5 Å². The molecule has 3 aromatic rings. The molecule has 0 aliphatic carbocycles. The van der Waals surface area contributed by atoms with Gasteiger partial charge in [0.05, 0.1) is 12.4 Å². The van der Waals surface area contributed by atoms with Gasteiger partial charge in [0.15, 0.2) is 12.3 Å². The largest absolute Gasteiger partial charge is 0.468 e. The van der Waals surface area contributed by atoms with Crippen molar-refractivity contribution in [2.24, 2.45) is 5.41 Å². The summed E-state index contributed by atoms with van der Waals surface area (Å²) in [5.41, 5.74) is 0.773. The van der Waals surface area contributed by atoms with E-state index in [-0.39, 0.29) is 11.3 Å². The summed E-state index contributed by atoms with van der Waals surface area (Å²) in [7, 11) is 0. The standard InChI is InChI=1S/C20H20F5N7O/c21-14(22)8-32-18-13(6-27-32)26-7-16(29-18)30-5-4-19(9-30)10-31(11-19)15-2-1-3-17(28-15)33-12-20(23,24)25/h1-3,6-7,14H,4-5,8-12H2. The highest BCUT2D eigenvalue weighted by Crippen LogP contribution is 2.42. The van der Waals surface area contributed by atoms with Crippen molar-refractivity contribution in [1.82, 2.24) is 24.7 Å². The van der Waals surface area contributed by atoms with Crippen LogP contribution in [0.5, 0.6) is 5.88 Å². The van der Waals surface area contributed by atoms with Crippen molar-refractivity contribution in [3.63, 3.8) is 0 Å². The maximum atomic E-state index is 12.8. The topological polar surface area (TPSA) is 72.2 Å². The van der Waals surface area contributed by atoms with E-state index in [0.29, 0.717) is 42.4 Å². The first-order chi connectivity index (χ1) is 15.7. The first-order valence-electron chi connectivity index (χ1n) is 10.3. The van der Waals surface area contributed by atoms with Crippen LogP contribution >= 0.6 is 0 Å². The number of halogens is 5. The van der Waals surface area contributed by atoms with Crippen LogP contribution in [0.1, 0.15) is 6.42 Å². The van der Waals surface area contributed by atoms with E-state index >= 15 is 0 Å². The van der Waals surface area contributed by atoms with Gasteiger partial charge in [-0.05, 0) is 12.5 Å². The van der Waals surface area contributed by atoms with E-state index in [2.05, 4.69) is 25.0 Å². The molecule has 2 aliphatic heterocycles. The van der Waals surface area contributed by atoms with Crippen molar-refractivity contribution in [2.45, 2.75) is 25.6 Å². The van der Waals surface area contributed by atoms with Gasteiger partial charge in [0.1, 0.15) is 23.7 Å². The molecule has 13 heteroatoms. The Labute approximate surface area is 185 Å². The zero-order chi connectivity index (χ0) is 23.2. The zero-order valence-electron chi connectivity index (χ0n) is 17.3. The molecule has 1 spiro atoms. The fraction of sp³-hybridized carbons (Fsp3) is 0.500. The predicted molar refractivity (Wildman–Crippen MR) is 109 cm³/mol. The van der Waals surface area contributed by atoms with Crippen molar-refractivity contribution >= 4 is 22.8 Å². The van der Waals surface area contributed by atoms with Crippen molar-refractivity contribution in [2.75, 3.05) is 42.6 Å². The van der Waals surface area contributed by atoms with Crippen LogP contribution in [-0.2, 0) is 6.54 Å². The van der Waals surface area contributed by atoms with Crippen LogP contribution in [0, 0.1) is 5.41 Å². The molecule has 2 saturated heterocycles. The monoisotopic (exact) mass is 469 g/mol. The first-order valence-corrected chi connectivity index (χ1v) is 10.3. The number of alkyl halides is 5. The lowest BCUT2D eigenvalue weighted by Crippen LogP contribution is -2.58. The third-order valence-electron chi connectivity index (χ3n) is 5.87. The zero-order valence-corrected chi connectivity index (χ0v) is 17.3. The third-order valence-corrected chi connectivity index (χ3v) is 5.87. The molecule has 0 amide bonds. The number of nitrogens with zero attached hydrogens (tertiary/aromatic N) is 7. The Kier molecular flexibility index (Phi) is 5.20. The van der Waals surface area contributed by atoms with E-state index in [1.807, 2.05) is 4.90 Å². The van der Waals surface area contributed by atoms with Crippen LogP contribution < -0.4 is 14.5 Å². The van der Waals surface area contributed by atoms with Crippen LogP contribution in [0.2, 0.25) is 0 Å². The average Bonchev–Trinajstić information content (AvgIpc) is 3.35. The summed E-state index contributed by atoms with van der Waals surface area (Å²) in [4.78, 5) is 17.1. The third kappa shape index (κ3) is 4.48. The molecule has 176 valence electrons. The molecule has 0 unspecified atom stereocenters. The lowest BCUT2D eigenvalue weighted by Gasteiger charge is -2.48. The second kappa shape index (κ2) is 7.96. The van der Waals surface area contributed by atoms with Crippen LogP contribution in [0.15, 0.2) is 30.6 Å². The quantitative estimate of drug-likeness (QED) is 0.514. The van der Waals surface area contributed by atoms with Crippen LogP contribution in [-0.4, -0.2) is 70.1 Å². The number of ether oxygens (including phenoxy) is 1. The Morgan fingerprint density at radius 3 is 2.58 bits per heavy atom. The number of aromatic nitrogens is 5. The van der Waals surface area contributed by atoms with Gasteiger partial charge in [-0.2, -0.15) is 23.3 Å². The number of anilines is 2. The van der Waals surface area contributed by atoms with Gasteiger partial charge in [0.2, 0.25) is 5.88 Å². The highest BCUT2D eigenvalue weighted by molar-refractivity contribution is 5.71. The SMILES string of the molecule is FC(F)Cn1ncc2ncc(N3CCC4(CN(c5cccc(OCC(F)(F)F)n5)C4)C3)nc21. The van der Waals surface area contributed by atoms with E-state index < -0.39 is 25.8 Å². The molecular formula is C20H20F5N7O. The van der Waals surface area contributed by atoms with E-state index in [1.165, 1.54) is 12.3 Å². The predicted octanol–water partition coefficient (Wildman–Crippen LogP) is 3.14. The number of pyridine rings is 1. The van der Waals surface area contributed by atoms with E-state index in [0.717, 1.165) is 17.6 Å². The van der Waals surface area contributed by atoms with Crippen molar-refractivity contribution in [1.29, 1.82) is 0 Å². The van der Waals surface area contributed by atoms with Crippen molar-refractivity contribution in [3.05, 3.63) is 30.6 Å². The highest BCUT2D eigenvalue weighted by Gasteiger charge is 2.48. The van der Waals surface area contributed by atoms with E-state index in [9.17, 15) is 22.0 Å². The molecule has 33 heavy (non-hydrogen) atoms. The average molecular weight is 469 g/mol. The first kappa shape index (κ1) is 21.6. The number of hydrogen-bond donors (Lipinski definition) is 0. The molecule has 0 aromatic carbocycles. The summed E-state index contributed by atoms with van der Waals surface area (Å²) in [5, 5.41) is 3.94. The summed E-state index contributed by atoms with van der Waals surface area (Å²) in [6.45, 7) is 0.899. The summed E-state index contributed by atoms with van der Waals surface area (Å²) in [6, 6.07) is 4.76. The van der Waals surface area contributed by atoms with Gasteiger partial charge >= 0.3 is 6.18 Å². The minimum Gasteiger partial charge on any atom is -0.468 e. The molecule has 0 atom stereocenters. The summed E-state index contributed by atoms with van der Waals surface area (Å²) in [5.74, 6) is 1.10. The Morgan fingerprint density at radius 1 is 1.03 bits per heavy atom. The number of fused-ring (bicyclic) bond motifs is 1. The van der Waals surface area contributed by atoms with Gasteiger partial charge in [-0.15, -0.1) is 0 Å². The summed E-state index contributed by atoms with van der Waals surface area (Å²) in [6.07, 6.45) is -3.03. The number of rotatable bonds is 6. The molecule has 0 radical (unpaired) electrons.